The number of nitro groups is 1. The summed E-state index contributed by atoms with van der Waals surface area (Å²) in [6, 6.07) is 22.2. The molecule has 2 aromatic carbocycles. The van der Waals surface area contributed by atoms with Crippen LogP contribution in [0.15, 0.2) is 99.4 Å². The first-order chi connectivity index (χ1) is 17.0. The van der Waals surface area contributed by atoms with Crippen molar-refractivity contribution in [2.24, 2.45) is 4.99 Å². The first kappa shape index (κ1) is 22.6. The van der Waals surface area contributed by atoms with Gasteiger partial charge in [-0.15, -0.1) is 0 Å². The molecule has 8 nitrogen and oxygen atoms in total. The second-order valence-electron chi connectivity index (χ2n) is 7.27. The van der Waals surface area contributed by atoms with Crippen LogP contribution in [0.3, 0.4) is 0 Å². The van der Waals surface area contributed by atoms with Gasteiger partial charge in [0, 0.05) is 18.3 Å². The van der Waals surface area contributed by atoms with Gasteiger partial charge in [0.1, 0.15) is 17.2 Å². The van der Waals surface area contributed by atoms with E-state index in [1.807, 2.05) is 18.2 Å². The van der Waals surface area contributed by atoms with E-state index in [2.05, 4.69) is 9.98 Å². The van der Waals surface area contributed by atoms with Crippen molar-refractivity contribution >= 4 is 57.6 Å². The summed E-state index contributed by atoms with van der Waals surface area (Å²) < 4.78 is 5.85. The predicted molar refractivity (Wildman–Crippen MR) is 137 cm³/mol. The quantitative estimate of drug-likeness (QED) is 0.130. The SMILES string of the molecule is O=C1/C(=C\c2ccc(-c3ccccc3[N+](=O)[O-])o2)SC(=Nc2cccnc2Cl)N1c1ccccc1. The van der Waals surface area contributed by atoms with Crippen molar-refractivity contribution in [3.05, 3.63) is 111 Å². The van der Waals surface area contributed by atoms with Crippen LogP contribution in [0.1, 0.15) is 5.76 Å². The first-order valence-electron chi connectivity index (χ1n) is 10.3. The normalized spacial score (nSPS) is 15.8. The standard InChI is InChI=1S/C25H15ClN4O4S/c26-23-19(10-6-14-27-23)28-25-29(16-7-2-1-3-8-16)24(31)22(35-25)15-17-12-13-21(34-17)18-9-4-5-11-20(18)30(32)33/h1-15H/b22-15+,28-25?. The molecule has 0 radical (unpaired) electrons. The summed E-state index contributed by atoms with van der Waals surface area (Å²) in [5.74, 6) is 0.418. The highest BCUT2D eigenvalue weighted by Crippen LogP contribution is 2.39. The molecule has 3 heterocycles. The lowest BCUT2D eigenvalue weighted by Gasteiger charge is -2.15. The molecule has 172 valence electrons. The third-order valence-corrected chi connectivity index (χ3v) is 6.30. The number of furan rings is 1. The van der Waals surface area contributed by atoms with E-state index < -0.39 is 4.92 Å². The van der Waals surface area contributed by atoms with E-state index in [9.17, 15) is 14.9 Å². The number of benzene rings is 2. The summed E-state index contributed by atoms with van der Waals surface area (Å²) in [6.07, 6.45) is 3.15. The lowest BCUT2D eigenvalue weighted by Crippen LogP contribution is -2.28. The van der Waals surface area contributed by atoms with Crippen molar-refractivity contribution < 1.29 is 14.1 Å². The number of amidine groups is 1. The number of carbonyl (C=O) groups is 1. The van der Waals surface area contributed by atoms with Crippen molar-refractivity contribution in [2.75, 3.05) is 4.90 Å². The van der Waals surface area contributed by atoms with E-state index in [-0.39, 0.29) is 16.7 Å². The van der Waals surface area contributed by atoms with E-state index >= 15 is 0 Å². The zero-order valence-electron chi connectivity index (χ0n) is 17.9. The fourth-order valence-corrected chi connectivity index (χ4v) is 4.60. The van der Waals surface area contributed by atoms with Gasteiger partial charge in [0.2, 0.25) is 0 Å². The Morgan fingerprint density at radius 3 is 2.57 bits per heavy atom. The molecule has 1 saturated heterocycles. The molecule has 0 spiro atoms. The lowest BCUT2D eigenvalue weighted by molar-refractivity contribution is -0.384. The van der Waals surface area contributed by atoms with Crippen molar-refractivity contribution in [3.63, 3.8) is 0 Å². The number of hydrogen-bond donors (Lipinski definition) is 0. The average molecular weight is 503 g/mol. The highest BCUT2D eigenvalue weighted by atomic mass is 35.5. The number of pyridine rings is 1. The number of amides is 1. The molecule has 10 heteroatoms. The van der Waals surface area contributed by atoms with E-state index in [0.29, 0.717) is 38.5 Å². The van der Waals surface area contributed by atoms with Gasteiger partial charge in [-0.25, -0.2) is 9.98 Å². The van der Waals surface area contributed by atoms with Crippen molar-refractivity contribution in [1.82, 2.24) is 4.98 Å². The molecule has 0 aliphatic carbocycles. The monoisotopic (exact) mass is 502 g/mol. The summed E-state index contributed by atoms with van der Waals surface area (Å²) in [5.41, 5.74) is 1.37. The van der Waals surface area contributed by atoms with Crippen LogP contribution in [0.5, 0.6) is 0 Å². The average Bonchev–Trinajstić information content (AvgIpc) is 3.45. The molecule has 35 heavy (non-hydrogen) atoms. The number of anilines is 1. The number of halogens is 1. The number of nitro benzene ring substituents is 1. The van der Waals surface area contributed by atoms with Crippen LogP contribution in [0.25, 0.3) is 17.4 Å². The summed E-state index contributed by atoms with van der Waals surface area (Å²) in [7, 11) is 0. The van der Waals surface area contributed by atoms with Gasteiger partial charge in [0.05, 0.1) is 21.1 Å². The highest BCUT2D eigenvalue weighted by molar-refractivity contribution is 8.19. The third-order valence-electron chi connectivity index (χ3n) is 5.04. The highest BCUT2D eigenvalue weighted by Gasteiger charge is 2.35. The van der Waals surface area contributed by atoms with Crippen molar-refractivity contribution in [1.29, 1.82) is 0 Å². The maximum atomic E-state index is 13.4. The summed E-state index contributed by atoms with van der Waals surface area (Å²) in [6.45, 7) is 0. The fraction of sp³-hybridized carbons (Fsp3) is 0. The molecule has 0 N–H and O–H groups in total. The van der Waals surface area contributed by atoms with Gasteiger partial charge < -0.3 is 4.42 Å². The molecule has 0 unspecified atom stereocenters. The van der Waals surface area contributed by atoms with Crippen LogP contribution < -0.4 is 4.90 Å². The largest absolute Gasteiger partial charge is 0.456 e. The van der Waals surface area contributed by atoms with E-state index in [4.69, 9.17) is 16.0 Å². The summed E-state index contributed by atoms with van der Waals surface area (Å²) in [5, 5.41) is 12.0. The fourth-order valence-electron chi connectivity index (χ4n) is 3.46. The first-order valence-corrected chi connectivity index (χ1v) is 11.5. The third kappa shape index (κ3) is 4.59. The van der Waals surface area contributed by atoms with Crippen LogP contribution in [-0.2, 0) is 4.79 Å². The van der Waals surface area contributed by atoms with Crippen LogP contribution in [0.2, 0.25) is 5.15 Å². The maximum Gasteiger partial charge on any atom is 0.280 e. The van der Waals surface area contributed by atoms with Crippen LogP contribution >= 0.6 is 23.4 Å². The number of thioether (sulfide) groups is 1. The minimum atomic E-state index is -0.462. The Hall–Kier alpha value is -4.21. The smallest absolute Gasteiger partial charge is 0.280 e. The van der Waals surface area contributed by atoms with Gasteiger partial charge in [0.15, 0.2) is 10.3 Å². The molecular formula is C25H15ClN4O4S. The molecule has 0 saturated carbocycles. The Bertz CT molecular complexity index is 1500. The molecule has 5 rings (SSSR count). The van der Waals surface area contributed by atoms with E-state index in [1.54, 1.807) is 66.9 Å². The van der Waals surface area contributed by atoms with E-state index in [1.165, 1.54) is 22.7 Å². The number of aromatic nitrogens is 1. The zero-order chi connectivity index (χ0) is 24.4. The molecule has 1 aliphatic rings. The molecule has 4 aromatic rings. The van der Waals surface area contributed by atoms with Gasteiger partial charge >= 0.3 is 0 Å². The van der Waals surface area contributed by atoms with Gasteiger partial charge in [-0.2, -0.15) is 0 Å². The van der Waals surface area contributed by atoms with Gasteiger partial charge in [-0.3, -0.25) is 19.8 Å². The molecule has 0 bridgehead atoms. The molecule has 2 aromatic heterocycles. The topological polar surface area (TPSA) is 102 Å². The van der Waals surface area contributed by atoms with Gasteiger partial charge in [0.25, 0.3) is 11.6 Å². The molecular weight excluding hydrogens is 488 g/mol. The van der Waals surface area contributed by atoms with Crippen LogP contribution in [0, 0.1) is 10.1 Å². The number of carbonyl (C=O) groups excluding carboxylic acids is 1. The summed E-state index contributed by atoms with van der Waals surface area (Å²) >= 11 is 7.35. The number of rotatable bonds is 5. The second-order valence-corrected chi connectivity index (χ2v) is 8.64. The zero-order valence-corrected chi connectivity index (χ0v) is 19.4. The van der Waals surface area contributed by atoms with Crippen molar-refractivity contribution in [3.8, 4) is 11.3 Å². The Morgan fingerprint density at radius 1 is 1.03 bits per heavy atom. The Balaban J connectivity index is 1.53. The lowest BCUT2D eigenvalue weighted by atomic mass is 10.1. The van der Waals surface area contributed by atoms with Crippen molar-refractivity contribution in [2.45, 2.75) is 0 Å². The molecule has 1 amide bonds. The Morgan fingerprint density at radius 2 is 1.80 bits per heavy atom. The number of hydrogen-bond acceptors (Lipinski definition) is 7. The predicted octanol–water partition coefficient (Wildman–Crippen LogP) is 6.71. The number of nitrogens with zero attached hydrogens (tertiary/aromatic N) is 4. The van der Waals surface area contributed by atoms with Gasteiger partial charge in [-0.05, 0) is 54.2 Å². The minimum Gasteiger partial charge on any atom is -0.456 e. The molecule has 1 fully saturated rings. The molecule has 1 aliphatic heterocycles. The van der Waals surface area contributed by atoms with Crippen LogP contribution in [0.4, 0.5) is 17.1 Å². The van der Waals surface area contributed by atoms with Gasteiger partial charge in [-0.1, -0.05) is 41.9 Å². The minimum absolute atomic E-state index is 0.0645. The number of para-hydroxylation sites is 2. The van der Waals surface area contributed by atoms with E-state index in [0.717, 1.165) is 0 Å². The Labute approximate surface area is 208 Å². The Kier molecular flexibility index (Phi) is 6.17. The summed E-state index contributed by atoms with van der Waals surface area (Å²) in [4.78, 5) is 34.8. The second kappa shape index (κ2) is 9.57. The number of aliphatic imine (C=N–C) groups is 1. The molecule has 0 atom stereocenters. The maximum absolute atomic E-state index is 13.4. The van der Waals surface area contributed by atoms with Crippen LogP contribution in [-0.4, -0.2) is 21.0 Å².